The van der Waals surface area contributed by atoms with Gasteiger partial charge in [0, 0.05) is 31.5 Å². The molecular weight excluding hydrogens is 180 g/mol. The molecule has 3 atom stereocenters. The van der Waals surface area contributed by atoms with Gasteiger partial charge < -0.3 is 15.7 Å². The minimum atomic E-state index is -0.313. The van der Waals surface area contributed by atoms with Crippen molar-refractivity contribution in [2.75, 3.05) is 19.6 Å². The molecule has 1 aliphatic heterocycles. The van der Waals surface area contributed by atoms with Crippen LogP contribution in [0.5, 0.6) is 0 Å². The smallest absolute Gasteiger partial charge is 0.222 e. The molecule has 3 N–H and O–H groups in total. The second-order valence-electron chi connectivity index (χ2n) is 4.04. The second kappa shape index (κ2) is 5.32. The number of carbonyl (C=O) groups is 1. The maximum Gasteiger partial charge on any atom is 0.222 e. The Kier molecular flexibility index (Phi) is 4.35. The van der Waals surface area contributed by atoms with Crippen molar-refractivity contribution in [1.82, 2.24) is 10.6 Å². The topological polar surface area (TPSA) is 61.4 Å². The van der Waals surface area contributed by atoms with Crippen molar-refractivity contribution in [1.29, 1.82) is 0 Å². The molecule has 0 spiro atoms. The first-order valence-corrected chi connectivity index (χ1v) is 5.31. The third-order valence-corrected chi connectivity index (χ3v) is 2.90. The fourth-order valence-electron chi connectivity index (χ4n) is 1.52. The molecule has 3 unspecified atom stereocenters. The first-order chi connectivity index (χ1) is 6.65. The predicted molar refractivity (Wildman–Crippen MR) is 54.8 cm³/mol. The van der Waals surface area contributed by atoms with Crippen LogP contribution >= 0.6 is 0 Å². The summed E-state index contributed by atoms with van der Waals surface area (Å²) >= 11 is 0. The van der Waals surface area contributed by atoms with Crippen molar-refractivity contribution in [3.05, 3.63) is 0 Å². The van der Waals surface area contributed by atoms with Gasteiger partial charge in [0.1, 0.15) is 0 Å². The molecular formula is C10H20N2O2. The van der Waals surface area contributed by atoms with Crippen molar-refractivity contribution in [2.45, 2.75) is 26.4 Å². The number of amides is 1. The first kappa shape index (κ1) is 11.5. The summed E-state index contributed by atoms with van der Waals surface area (Å²) in [6.07, 6.45) is 0.546. The van der Waals surface area contributed by atoms with E-state index in [1.807, 2.05) is 13.8 Å². The Balaban J connectivity index is 2.22. The number of rotatable bonds is 4. The molecule has 0 bridgehead atoms. The zero-order valence-corrected chi connectivity index (χ0v) is 8.92. The van der Waals surface area contributed by atoms with E-state index in [0.29, 0.717) is 13.1 Å². The first-order valence-electron chi connectivity index (χ1n) is 5.31. The number of hydrogen-bond acceptors (Lipinski definition) is 3. The lowest BCUT2D eigenvalue weighted by Crippen LogP contribution is -2.36. The Morgan fingerprint density at radius 1 is 1.64 bits per heavy atom. The highest BCUT2D eigenvalue weighted by molar-refractivity contribution is 5.78. The van der Waals surface area contributed by atoms with Gasteiger partial charge in [-0.05, 0) is 6.42 Å². The fraction of sp³-hybridized carbons (Fsp3) is 0.900. The van der Waals surface area contributed by atoms with Crippen molar-refractivity contribution < 1.29 is 9.90 Å². The molecule has 0 radical (unpaired) electrons. The van der Waals surface area contributed by atoms with Crippen LogP contribution in [0.4, 0.5) is 0 Å². The van der Waals surface area contributed by atoms with Gasteiger partial charge in [-0.15, -0.1) is 0 Å². The molecule has 1 fully saturated rings. The van der Waals surface area contributed by atoms with Crippen LogP contribution in [0.2, 0.25) is 0 Å². The second-order valence-corrected chi connectivity index (χ2v) is 4.04. The molecule has 14 heavy (non-hydrogen) atoms. The van der Waals surface area contributed by atoms with E-state index in [2.05, 4.69) is 10.6 Å². The number of hydrogen-bond donors (Lipinski definition) is 3. The van der Waals surface area contributed by atoms with E-state index in [1.165, 1.54) is 0 Å². The normalized spacial score (nSPS) is 28.8. The maximum atomic E-state index is 11.4. The molecule has 4 nitrogen and oxygen atoms in total. The average Bonchev–Trinajstić information content (AvgIpc) is 2.59. The van der Waals surface area contributed by atoms with Crippen LogP contribution in [-0.4, -0.2) is 36.8 Å². The monoisotopic (exact) mass is 200 g/mol. The largest absolute Gasteiger partial charge is 0.391 e. The van der Waals surface area contributed by atoms with Crippen LogP contribution < -0.4 is 10.6 Å². The van der Waals surface area contributed by atoms with Crippen LogP contribution in [0.25, 0.3) is 0 Å². The van der Waals surface area contributed by atoms with E-state index in [4.69, 9.17) is 0 Å². The van der Waals surface area contributed by atoms with Gasteiger partial charge in [0.05, 0.1) is 6.10 Å². The quantitative estimate of drug-likeness (QED) is 0.585. The number of nitrogens with one attached hydrogen (secondary N) is 2. The van der Waals surface area contributed by atoms with Crippen molar-refractivity contribution in [3.63, 3.8) is 0 Å². The van der Waals surface area contributed by atoms with E-state index in [1.54, 1.807) is 0 Å². The molecule has 4 heteroatoms. The summed E-state index contributed by atoms with van der Waals surface area (Å²) in [6, 6.07) is 0. The molecule has 1 saturated heterocycles. The van der Waals surface area contributed by atoms with Gasteiger partial charge >= 0.3 is 0 Å². The molecule has 82 valence electrons. The highest BCUT2D eigenvalue weighted by Gasteiger charge is 2.25. The molecule has 0 aliphatic carbocycles. The number of aliphatic hydroxyl groups excluding tert-OH is 1. The third-order valence-electron chi connectivity index (χ3n) is 2.90. The Hall–Kier alpha value is -0.610. The lowest BCUT2D eigenvalue weighted by molar-refractivity contribution is -0.124. The van der Waals surface area contributed by atoms with Gasteiger partial charge in [-0.2, -0.15) is 0 Å². The zero-order chi connectivity index (χ0) is 10.6. The average molecular weight is 200 g/mol. The lowest BCUT2D eigenvalue weighted by atomic mass is 10.1. The van der Waals surface area contributed by atoms with E-state index in [0.717, 1.165) is 13.0 Å². The SMILES string of the molecule is CCC(C)C(=O)NCC1CNCC1O. The van der Waals surface area contributed by atoms with E-state index < -0.39 is 0 Å². The Bertz CT molecular complexity index is 197. The Morgan fingerprint density at radius 3 is 2.86 bits per heavy atom. The van der Waals surface area contributed by atoms with Crippen LogP contribution in [0.15, 0.2) is 0 Å². The molecule has 1 rings (SSSR count). The van der Waals surface area contributed by atoms with E-state index >= 15 is 0 Å². The maximum absolute atomic E-state index is 11.4. The van der Waals surface area contributed by atoms with Gasteiger partial charge in [-0.25, -0.2) is 0 Å². The Morgan fingerprint density at radius 2 is 2.36 bits per heavy atom. The zero-order valence-electron chi connectivity index (χ0n) is 8.92. The van der Waals surface area contributed by atoms with E-state index in [-0.39, 0.29) is 23.8 Å². The van der Waals surface area contributed by atoms with Crippen molar-refractivity contribution in [3.8, 4) is 0 Å². The standard InChI is InChI=1S/C10H20N2O2/c1-3-7(2)10(14)12-5-8-4-11-6-9(8)13/h7-9,11,13H,3-6H2,1-2H3,(H,12,14). The summed E-state index contributed by atoms with van der Waals surface area (Å²) in [5.74, 6) is 0.330. The van der Waals surface area contributed by atoms with Gasteiger partial charge in [-0.1, -0.05) is 13.8 Å². The summed E-state index contributed by atoms with van der Waals surface area (Å²) in [5.41, 5.74) is 0. The molecule has 1 heterocycles. The van der Waals surface area contributed by atoms with Gasteiger partial charge in [-0.3, -0.25) is 4.79 Å². The summed E-state index contributed by atoms with van der Waals surface area (Å²) < 4.78 is 0. The van der Waals surface area contributed by atoms with Gasteiger partial charge in [0.2, 0.25) is 5.91 Å². The molecule has 0 aromatic carbocycles. The number of carbonyl (C=O) groups excluding carboxylic acids is 1. The van der Waals surface area contributed by atoms with Gasteiger partial charge in [0.25, 0.3) is 0 Å². The Labute approximate surface area is 85.1 Å². The summed E-state index contributed by atoms with van der Waals surface area (Å²) in [6.45, 7) is 5.93. The minimum Gasteiger partial charge on any atom is -0.391 e. The summed E-state index contributed by atoms with van der Waals surface area (Å²) in [7, 11) is 0. The molecule has 1 amide bonds. The summed E-state index contributed by atoms with van der Waals surface area (Å²) in [4.78, 5) is 11.4. The molecule has 0 aromatic heterocycles. The predicted octanol–water partition coefficient (Wildman–Crippen LogP) is -0.271. The van der Waals surface area contributed by atoms with Crippen LogP contribution in [0.1, 0.15) is 20.3 Å². The summed E-state index contributed by atoms with van der Waals surface area (Å²) in [5, 5.41) is 15.4. The minimum absolute atomic E-state index is 0.0708. The van der Waals surface area contributed by atoms with Crippen LogP contribution in [0, 0.1) is 11.8 Å². The van der Waals surface area contributed by atoms with Crippen LogP contribution in [0.3, 0.4) is 0 Å². The van der Waals surface area contributed by atoms with Crippen molar-refractivity contribution >= 4 is 5.91 Å². The lowest BCUT2D eigenvalue weighted by Gasteiger charge is -2.16. The fourth-order valence-corrected chi connectivity index (χ4v) is 1.52. The number of β-amino-alcohol motifs (C(OH)–C–C–N with tert-alkyl or cyclic N) is 1. The molecule has 0 aromatic rings. The number of aliphatic hydroxyl groups is 1. The van der Waals surface area contributed by atoms with Gasteiger partial charge in [0.15, 0.2) is 0 Å². The van der Waals surface area contributed by atoms with Crippen LogP contribution in [-0.2, 0) is 4.79 Å². The third kappa shape index (κ3) is 2.96. The molecule has 1 aliphatic rings. The molecule has 0 saturated carbocycles. The van der Waals surface area contributed by atoms with E-state index in [9.17, 15) is 9.90 Å². The van der Waals surface area contributed by atoms with Crippen molar-refractivity contribution in [2.24, 2.45) is 11.8 Å². The highest BCUT2D eigenvalue weighted by atomic mass is 16.3. The highest BCUT2D eigenvalue weighted by Crippen LogP contribution is 2.08.